The minimum absolute atomic E-state index is 0.0466. The number of carbonyl (C=O) groups is 1. The van der Waals surface area contributed by atoms with Gasteiger partial charge in [0.2, 0.25) is 10.0 Å². The molecule has 0 bridgehead atoms. The van der Waals surface area contributed by atoms with Crippen LogP contribution in [-0.2, 0) is 16.4 Å². The van der Waals surface area contributed by atoms with E-state index in [1.807, 2.05) is 17.7 Å². The van der Waals surface area contributed by atoms with E-state index >= 15 is 0 Å². The third-order valence-corrected chi connectivity index (χ3v) is 8.37. The van der Waals surface area contributed by atoms with E-state index < -0.39 is 10.0 Å². The molecule has 0 spiro atoms. The van der Waals surface area contributed by atoms with Crippen LogP contribution >= 0.6 is 0 Å². The van der Waals surface area contributed by atoms with Gasteiger partial charge in [-0.15, -0.1) is 0 Å². The molecule has 0 saturated heterocycles. The van der Waals surface area contributed by atoms with Crippen molar-refractivity contribution < 1.29 is 13.2 Å². The summed E-state index contributed by atoms with van der Waals surface area (Å²) in [7, 11) is -2.15. The Hall–Kier alpha value is -2.97. The lowest BCUT2D eigenvalue weighted by Crippen LogP contribution is -2.33. The summed E-state index contributed by atoms with van der Waals surface area (Å²) in [5, 5.41) is 7.57. The highest BCUT2D eigenvalue weighted by Gasteiger charge is 2.27. The SMILES string of the molecule is Cc1cnn(C2CCCc3ccccc32)c1NC(=O)c1cccc(S(=O)(=O)N(C)C(C)C)c1. The normalized spacial score (nSPS) is 16.1. The number of nitrogens with one attached hydrogen (secondary N) is 1. The Morgan fingerprint density at radius 2 is 1.94 bits per heavy atom. The van der Waals surface area contributed by atoms with E-state index in [4.69, 9.17) is 0 Å². The first-order chi connectivity index (χ1) is 15.7. The van der Waals surface area contributed by atoms with Gasteiger partial charge in [0.1, 0.15) is 5.82 Å². The van der Waals surface area contributed by atoms with Gasteiger partial charge in [0.05, 0.1) is 17.1 Å². The van der Waals surface area contributed by atoms with Crippen molar-refractivity contribution in [1.82, 2.24) is 14.1 Å². The quantitative estimate of drug-likeness (QED) is 0.584. The summed E-state index contributed by atoms with van der Waals surface area (Å²) in [5.74, 6) is 0.266. The first kappa shape index (κ1) is 23.2. The van der Waals surface area contributed by atoms with Crippen LogP contribution in [0.5, 0.6) is 0 Å². The van der Waals surface area contributed by atoms with Gasteiger partial charge in [-0.25, -0.2) is 13.1 Å². The number of hydrogen-bond donors (Lipinski definition) is 1. The molecule has 0 aliphatic heterocycles. The summed E-state index contributed by atoms with van der Waals surface area (Å²) in [5.41, 5.74) is 3.68. The van der Waals surface area contributed by atoms with E-state index in [0.29, 0.717) is 5.82 Å². The maximum Gasteiger partial charge on any atom is 0.256 e. The van der Waals surface area contributed by atoms with E-state index in [9.17, 15) is 13.2 Å². The number of anilines is 1. The molecule has 0 saturated carbocycles. The van der Waals surface area contributed by atoms with Crippen molar-refractivity contribution in [2.75, 3.05) is 12.4 Å². The summed E-state index contributed by atoms with van der Waals surface area (Å²) in [6.45, 7) is 5.52. The zero-order valence-corrected chi connectivity index (χ0v) is 20.3. The molecule has 0 fully saturated rings. The molecule has 33 heavy (non-hydrogen) atoms. The van der Waals surface area contributed by atoms with Gasteiger partial charge in [-0.1, -0.05) is 30.3 Å². The highest BCUT2D eigenvalue weighted by atomic mass is 32.2. The highest BCUT2D eigenvalue weighted by molar-refractivity contribution is 7.89. The summed E-state index contributed by atoms with van der Waals surface area (Å²) < 4.78 is 28.9. The number of hydrogen-bond acceptors (Lipinski definition) is 4. The molecule has 1 unspecified atom stereocenters. The van der Waals surface area contributed by atoms with Crippen molar-refractivity contribution in [2.24, 2.45) is 0 Å². The molecule has 1 amide bonds. The number of fused-ring (bicyclic) bond motifs is 1. The standard InChI is InChI=1S/C25H30N4O3S/c1-17(2)28(4)33(31,32)21-12-7-11-20(15-21)25(30)27-24-18(3)16-26-29(24)23-14-8-10-19-9-5-6-13-22(19)23/h5-7,9,11-13,15-17,23H,8,10,14H2,1-4H3,(H,27,30). The molecule has 0 radical (unpaired) electrons. The fraction of sp³-hybridized carbons (Fsp3) is 0.360. The predicted molar refractivity (Wildman–Crippen MR) is 129 cm³/mol. The van der Waals surface area contributed by atoms with Crippen LogP contribution in [0.15, 0.2) is 59.6 Å². The Bertz CT molecular complexity index is 1280. The minimum Gasteiger partial charge on any atom is -0.307 e. The number of sulfonamides is 1. The lowest BCUT2D eigenvalue weighted by Gasteiger charge is -2.27. The van der Waals surface area contributed by atoms with Crippen molar-refractivity contribution >= 4 is 21.7 Å². The fourth-order valence-electron chi connectivity index (χ4n) is 4.24. The van der Waals surface area contributed by atoms with Gasteiger partial charge < -0.3 is 5.32 Å². The van der Waals surface area contributed by atoms with Gasteiger partial charge in [0.15, 0.2) is 0 Å². The number of aromatic nitrogens is 2. The summed E-state index contributed by atoms with van der Waals surface area (Å²) in [6, 6.07) is 14.4. The number of rotatable bonds is 6. The number of amides is 1. The van der Waals surface area contributed by atoms with Crippen LogP contribution in [-0.4, -0.2) is 41.5 Å². The second kappa shape index (κ2) is 9.11. The zero-order valence-electron chi connectivity index (χ0n) is 19.4. The molecule has 8 heteroatoms. The smallest absolute Gasteiger partial charge is 0.256 e. The molecule has 7 nitrogen and oxygen atoms in total. The van der Waals surface area contributed by atoms with Gasteiger partial charge in [0, 0.05) is 24.2 Å². The first-order valence-electron chi connectivity index (χ1n) is 11.2. The Balaban J connectivity index is 1.64. The first-order valence-corrected chi connectivity index (χ1v) is 12.7. The summed E-state index contributed by atoms with van der Waals surface area (Å²) in [6.07, 6.45) is 4.79. The van der Waals surface area contributed by atoms with Crippen LogP contribution in [0.1, 0.15) is 59.8 Å². The van der Waals surface area contributed by atoms with Crippen LogP contribution in [0.4, 0.5) is 5.82 Å². The predicted octanol–water partition coefficient (Wildman–Crippen LogP) is 4.40. The molecule has 1 heterocycles. The monoisotopic (exact) mass is 466 g/mol. The molecule has 4 rings (SSSR count). The lowest BCUT2D eigenvalue weighted by molar-refractivity contribution is 0.102. The van der Waals surface area contributed by atoms with E-state index in [0.717, 1.165) is 24.8 Å². The second-order valence-electron chi connectivity index (χ2n) is 8.82. The van der Waals surface area contributed by atoms with Crippen LogP contribution in [0.3, 0.4) is 0 Å². The third kappa shape index (κ3) is 4.45. The fourth-order valence-corrected chi connectivity index (χ4v) is 5.66. The number of nitrogens with zero attached hydrogens (tertiary/aromatic N) is 3. The lowest BCUT2D eigenvalue weighted by atomic mass is 9.88. The average Bonchev–Trinajstić information content (AvgIpc) is 3.17. The van der Waals surface area contributed by atoms with Crippen molar-refractivity contribution in [2.45, 2.75) is 57.0 Å². The maximum absolute atomic E-state index is 13.2. The molecule has 1 aliphatic carbocycles. The van der Waals surface area contributed by atoms with E-state index in [-0.39, 0.29) is 28.4 Å². The van der Waals surface area contributed by atoms with Gasteiger partial charge in [0.25, 0.3) is 5.91 Å². The Labute approximate surface area is 195 Å². The summed E-state index contributed by atoms with van der Waals surface area (Å²) in [4.78, 5) is 13.3. The van der Waals surface area contributed by atoms with Crippen molar-refractivity contribution in [3.63, 3.8) is 0 Å². The summed E-state index contributed by atoms with van der Waals surface area (Å²) >= 11 is 0. The molecule has 174 valence electrons. The molecular weight excluding hydrogens is 436 g/mol. The highest BCUT2D eigenvalue weighted by Crippen LogP contribution is 2.35. The zero-order chi connectivity index (χ0) is 23.8. The van der Waals surface area contributed by atoms with Gasteiger partial charge >= 0.3 is 0 Å². The molecular formula is C25H30N4O3S. The van der Waals surface area contributed by atoms with Crippen LogP contribution in [0.2, 0.25) is 0 Å². The van der Waals surface area contributed by atoms with E-state index in [1.165, 1.54) is 34.6 Å². The van der Waals surface area contributed by atoms with E-state index in [1.54, 1.807) is 32.2 Å². The maximum atomic E-state index is 13.2. The van der Waals surface area contributed by atoms with Crippen LogP contribution < -0.4 is 5.32 Å². The molecule has 3 aromatic rings. The molecule has 2 aromatic carbocycles. The number of carbonyl (C=O) groups excluding carboxylic acids is 1. The van der Waals surface area contributed by atoms with Gasteiger partial charge in [-0.3, -0.25) is 4.79 Å². The molecule has 1 aromatic heterocycles. The minimum atomic E-state index is -3.69. The number of aryl methyl sites for hydroxylation is 2. The van der Waals surface area contributed by atoms with Crippen molar-refractivity contribution in [3.8, 4) is 0 Å². The van der Waals surface area contributed by atoms with Gasteiger partial charge in [-0.05, 0) is 69.4 Å². The van der Waals surface area contributed by atoms with Crippen molar-refractivity contribution in [3.05, 3.63) is 77.0 Å². The molecule has 1 N–H and O–H groups in total. The Kier molecular flexibility index (Phi) is 6.41. The second-order valence-corrected chi connectivity index (χ2v) is 10.8. The van der Waals surface area contributed by atoms with E-state index in [2.05, 4.69) is 28.6 Å². The van der Waals surface area contributed by atoms with Crippen molar-refractivity contribution in [1.29, 1.82) is 0 Å². The van der Waals surface area contributed by atoms with Crippen LogP contribution in [0.25, 0.3) is 0 Å². The Morgan fingerprint density at radius 3 is 2.70 bits per heavy atom. The average molecular weight is 467 g/mol. The van der Waals surface area contributed by atoms with Crippen LogP contribution in [0, 0.1) is 6.92 Å². The third-order valence-electron chi connectivity index (χ3n) is 6.34. The Morgan fingerprint density at radius 1 is 1.18 bits per heavy atom. The molecule has 1 atom stereocenters. The largest absolute Gasteiger partial charge is 0.307 e. The van der Waals surface area contributed by atoms with Gasteiger partial charge in [-0.2, -0.15) is 9.40 Å². The molecule has 1 aliphatic rings. The topological polar surface area (TPSA) is 84.3 Å². The number of benzene rings is 2.